The van der Waals surface area contributed by atoms with Crippen LogP contribution in [0.3, 0.4) is 0 Å². The third-order valence-corrected chi connectivity index (χ3v) is 4.29. The molecule has 2 aromatic rings. The number of rotatable bonds is 2. The van der Waals surface area contributed by atoms with Gasteiger partial charge >= 0.3 is 5.63 Å². The molecule has 1 aromatic heterocycles. The number of benzene rings is 1. The Kier molecular flexibility index (Phi) is 3.70. The van der Waals surface area contributed by atoms with E-state index in [-0.39, 0.29) is 23.2 Å². The molecule has 1 fully saturated rings. The molecule has 0 saturated carbocycles. The number of fused-ring (bicyclic) bond motifs is 1. The molecular formula is C16H19NO5. The normalized spacial score (nSPS) is 16.4. The molecule has 0 spiro atoms. The zero-order valence-corrected chi connectivity index (χ0v) is 12.6. The van der Waals surface area contributed by atoms with Crippen molar-refractivity contribution in [3.05, 3.63) is 28.1 Å². The molecule has 2 heterocycles. The fraction of sp³-hybridized carbons (Fsp3) is 0.438. The van der Waals surface area contributed by atoms with Crippen molar-refractivity contribution in [3.63, 3.8) is 0 Å². The van der Waals surface area contributed by atoms with Crippen molar-refractivity contribution < 1.29 is 19.4 Å². The highest BCUT2D eigenvalue weighted by Crippen LogP contribution is 2.37. The summed E-state index contributed by atoms with van der Waals surface area (Å²) < 4.78 is 10.6. The molecule has 118 valence electrons. The topological polar surface area (TPSA) is 83.1 Å². The zero-order valence-electron chi connectivity index (χ0n) is 12.6. The minimum absolute atomic E-state index is 0.228. The third kappa shape index (κ3) is 2.39. The molecule has 1 aromatic carbocycles. The van der Waals surface area contributed by atoms with E-state index in [9.17, 15) is 15.0 Å². The summed E-state index contributed by atoms with van der Waals surface area (Å²) in [5.41, 5.74) is 1.11. The molecular weight excluding hydrogens is 286 g/mol. The van der Waals surface area contributed by atoms with Gasteiger partial charge < -0.3 is 24.3 Å². The summed E-state index contributed by atoms with van der Waals surface area (Å²) in [6, 6.07) is 2.72. The van der Waals surface area contributed by atoms with Crippen LogP contribution in [0.5, 0.6) is 11.5 Å². The molecule has 0 aliphatic carbocycles. The average molecular weight is 305 g/mol. The van der Waals surface area contributed by atoms with Crippen LogP contribution in [-0.4, -0.2) is 36.5 Å². The van der Waals surface area contributed by atoms with E-state index in [0.29, 0.717) is 10.9 Å². The van der Waals surface area contributed by atoms with E-state index in [1.165, 1.54) is 12.1 Å². The second kappa shape index (κ2) is 5.53. The third-order valence-electron chi connectivity index (χ3n) is 4.29. The minimum atomic E-state index is -0.429. The average Bonchev–Trinajstić information content (AvgIpc) is 2.51. The minimum Gasteiger partial charge on any atom is -0.504 e. The van der Waals surface area contributed by atoms with E-state index in [1.54, 1.807) is 14.0 Å². The molecule has 0 amide bonds. The molecule has 1 saturated heterocycles. The molecule has 2 N–H and O–H groups in total. The molecule has 0 bridgehead atoms. The highest BCUT2D eigenvalue weighted by molar-refractivity contribution is 5.94. The van der Waals surface area contributed by atoms with Crippen LogP contribution < -0.4 is 10.5 Å². The first-order valence-corrected chi connectivity index (χ1v) is 7.28. The summed E-state index contributed by atoms with van der Waals surface area (Å²) in [6.07, 6.45) is 1.99. The Hall–Kier alpha value is -2.21. The van der Waals surface area contributed by atoms with Gasteiger partial charge in [-0.1, -0.05) is 0 Å². The van der Waals surface area contributed by atoms with Gasteiger partial charge in [-0.3, -0.25) is 0 Å². The van der Waals surface area contributed by atoms with Crippen molar-refractivity contribution >= 4 is 16.7 Å². The maximum atomic E-state index is 12.1. The summed E-state index contributed by atoms with van der Waals surface area (Å²) in [7, 11) is 1.71. The molecule has 1 aliphatic heterocycles. The zero-order chi connectivity index (χ0) is 15.9. The van der Waals surface area contributed by atoms with Gasteiger partial charge in [0.1, 0.15) is 5.58 Å². The first kappa shape index (κ1) is 14.7. The maximum Gasteiger partial charge on any atom is 0.341 e. The molecule has 3 rings (SSSR count). The van der Waals surface area contributed by atoms with Gasteiger partial charge in [-0.05, 0) is 25.8 Å². The Morgan fingerprint density at radius 2 is 1.86 bits per heavy atom. The van der Waals surface area contributed by atoms with E-state index in [2.05, 4.69) is 4.90 Å². The van der Waals surface area contributed by atoms with Crippen LogP contribution in [0.25, 0.3) is 11.0 Å². The number of hydrogen-bond acceptors (Lipinski definition) is 6. The lowest BCUT2D eigenvalue weighted by Crippen LogP contribution is -2.37. The van der Waals surface area contributed by atoms with Crippen LogP contribution >= 0.6 is 0 Å². The molecule has 6 heteroatoms. The number of ether oxygens (including phenoxy) is 1. The predicted molar refractivity (Wildman–Crippen MR) is 82.8 cm³/mol. The van der Waals surface area contributed by atoms with Gasteiger partial charge in [0.05, 0.1) is 17.4 Å². The number of phenolic OH excluding ortho intramolecular Hbond substituents is 2. The quantitative estimate of drug-likeness (QED) is 0.653. The van der Waals surface area contributed by atoms with Crippen molar-refractivity contribution in [2.75, 3.05) is 25.1 Å². The second-order valence-electron chi connectivity index (χ2n) is 5.62. The van der Waals surface area contributed by atoms with Gasteiger partial charge in [-0.2, -0.15) is 0 Å². The summed E-state index contributed by atoms with van der Waals surface area (Å²) in [4.78, 5) is 14.2. The number of piperidine rings is 1. The Labute approximate surface area is 127 Å². The van der Waals surface area contributed by atoms with Crippen LogP contribution in [0.2, 0.25) is 0 Å². The molecule has 6 nitrogen and oxygen atoms in total. The number of hydrogen-bond donors (Lipinski definition) is 2. The van der Waals surface area contributed by atoms with Crippen LogP contribution in [0.1, 0.15) is 18.4 Å². The molecule has 22 heavy (non-hydrogen) atoms. The van der Waals surface area contributed by atoms with Crippen molar-refractivity contribution in [2.24, 2.45) is 0 Å². The van der Waals surface area contributed by atoms with Crippen LogP contribution in [0.4, 0.5) is 5.69 Å². The second-order valence-corrected chi connectivity index (χ2v) is 5.62. The first-order valence-electron chi connectivity index (χ1n) is 7.28. The van der Waals surface area contributed by atoms with E-state index in [4.69, 9.17) is 9.15 Å². The summed E-state index contributed by atoms with van der Waals surface area (Å²) in [5, 5.41) is 20.0. The van der Waals surface area contributed by atoms with Gasteiger partial charge in [0.15, 0.2) is 11.5 Å². The van der Waals surface area contributed by atoms with E-state index >= 15 is 0 Å². The fourth-order valence-electron chi connectivity index (χ4n) is 3.02. The summed E-state index contributed by atoms with van der Waals surface area (Å²) in [6.45, 7) is 3.24. The van der Waals surface area contributed by atoms with Gasteiger partial charge in [-0.25, -0.2) is 4.79 Å². The van der Waals surface area contributed by atoms with Crippen molar-refractivity contribution in [3.8, 4) is 11.5 Å². The Balaban J connectivity index is 2.13. The lowest BCUT2D eigenvalue weighted by Gasteiger charge is -2.34. The first-order chi connectivity index (χ1) is 10.5. The van der Waals surface area contributed by atoms with Crippen molar-refractivity contribution in [1.29, 1.82) is 0 Å². The van der Waals surface area contributed by atoms with Gasteiger partial charge in [0.2, 0.25) is 0 Å². The Bertz CT molecular complexity index is 759. The largest absolute Gasteiger partial charge is 0.504 e. The molecule has 0 atom stereocenters. The smallest absolute Gasteiger partial charge is 0.341 e. The number of nitrogens with zero attached hydrogens (tertiary/aromatic N) is 1. The lowest BCUT2D eigenvalue weighted by atomic mass is 10.0. The van der Waals surface area contributed by atoms with Crippen molar-refractivity contribution in [2.45, 2.75) is 25.9 Å². The van der Waals surface area contributed by atoms with Crippen molar-refractivity contribution in [1.82, 2.24) is 0 Å². The standard InChI is InChI=1S/C16H19NO5/c1-9-15(17-5-3-10(21-2)4-6-17)11-7-12(18)13(19)8-14(11)22-16(9)20/h7-8,10,18-19H,3-6H2,1-2H3. The maximum absolute atomic E-state index is 12.1. The number of anilines is 1. The van der Waals surface area contributed by atoms with Gasteiger partial charge in [-0.15, -0.1) is 0 Å². The molecule has 0 radical (unpaired) electrons. The monoisotopic (exact) mass is 305 g/mol. The van der Waals surface area contributed by atoms with E-state index < -0.39 is 5.63 Å². The number of methoxy groups -OCH3 is 1. The van der Waals surface area contributed by atoms with Gasteiger partial charge in [0, 0.05) is 31.7 Å². The summed E-state index contributed by atoms with van der Waals surface area (Å²) >= 11 is 0. The van der Waals surface area contributed by atoms with Crippen LogP contribution in [-0.2, 0) is 4.74 Å². The molecule has 1 aliphatic rings. The molecule has 0 unspecified atom stereocenters. The highest BCUT2D eigenvalue weighted by Gasteiger charge is 2.24. The Morgan fingerprint density at radius 3 is 2.50 bits per heavy atom. The van der Waals surface area contributed by atoms with Crippen LogP contribution in [0.15, 0.2) is 21.3 Å². The highest BCUT2D eigenvalue weighted by atomic mass is 16.5. The summed E-state index contributed by atoms with van der Waals surface area (Å²) in [5.74, 6) is -0.530. The predicted octanol–water partition coefficient (Wildman–Crippen LogP) is 2.13. The number of aromatic hydroxyl groups is 2. The fourth-order valence-corrected chi connectivity index (χ4v) is 3.02. The van der Waals surface area contributed by atoms with Crippen LogP contribution in [0, 0.1) is 6.92 Å². The lowest BCUT2D eigenvalue weighted by molar-refractivity contribution is 0.0819. The van der Waals surface area contributed by atoms with E-state index in [0.717, 1.165) is 31.6 Å². The van der Waals surface area contributed by atoms with E-state index in [1.807, 2.05) is 0 Å². The number of phenols is 2. The van der Waals surface area contributed by atoms with Gasteiger partial charge in [0.25, 0.3) is 0 Å². The Morgan fingerprint density at radius 1 is 1.23 bits per heavy atom. The SMILES string of the molecule is COC1CCN(c2c(C)c(=O)oc3cc(O)c(O)cc23)CC1.